The molecule has 0 spiro atoms. The molecule has 0 radical (unpaired) electrons. The first kappa shape index (κ1) is 18.4. The number of para-hydroxylation sites is 2. The molecule has 0 aliphatic carbocycles. The van der Waals surface area contributed by atoms with Crippen LogP contribution < -0.4 is 20.3 Å². The maximum Gasteiger partial charge on any atom is 0.276 e. The number of carbonyl (C=O) groups is 2. The lowest BCUT2D eigenvalue weighted by Gasteiger charge is -2.12. The van der Waals surface area contributed by atoms with Crippen molar-refractivity contribution in [3.8, 4) is 11.5 Å². The number of furan rings is 1. The Morgan fingerprint density at radius 1 is 1.08 bits per heavy atom. The van der Waals surface area contributed by atoms with Crippen molar-refractivity contribution in [1.82, 2.24) is 10.9 Å². The van der Waals surface area contributed by atoms with Crippen molar-refractivity contribution < 1.29 is 23.5 Å². The highest BCUT2D eigenvalue weighted by atomic mass is 16.5. The predicted molar refractivity (Wildman–Crippen MR) is 91.5 cm³/mol. The number of hydrogen-bond donors (Lipinski definition) is 2. The number of rotatable bonds is 7. The second-order valence-electron chi connectivity index (χ2n) is 5.41. The summed E-state index contributed by atoms with van der Waals surface area (Å²) >= 11 is 0. The Labute approximate surface area is 146 Å². The van der Waals surface area contributed by atoms with E-state index < -0.39 is 11.8 Å². The van der Waals surface area contributed by atoms with Crippen molar-refractivity contribution in [2.24, 2.45) is 0 Å². The van der Waals surface area contributed by atoms with E-state index in [4.69, 9.17) is 13.9 Å². The van der Waals surface area contributed by atoms with Gasteiger partial charge >= 0.3 is 0 Å². The molecule has 2 amide bonds. The number of aryl methyl sites for hydroxylation is 2. The molecule has 7 nitrogen and oxygen atoms in total. The molecule has 7 heteroatoms. The molecule has 0 unspecified atom stereocenters. The van der Waals surface area contributed by atoms with Crippen LogP contribution in [-0.2, 0) is 4.79 Å². The van der Waals surface area contributed by atoms with E-state index in [1.54, 1.807) is 38.1 Å². The molecule has 2 N–H and O–H groups in total. The lowest BCUT2D eigenvalue weighted by Crippen LogP contribution is -2.43. The van der Waals surface area contributed by atoms with Crippen LogP contribution in [0.2, 0.25) is 0 Å². The van der Waals surface area contributed by atoms with Crippen LogP contribution in [0.3, 0.4) is 0 Å². The molecule has 1 heterocycles. The van der Waals surface area contributed by atoms with Crippen molar-refractivity contribution in [3.05, 3.63) is 47.4 Å². The smallest absolute Gasteiger partial charge is 0.276 e. The van der Waals surface area contributed by atoms with Crippen molar-refractivity contribution in [3.63, 3.8) is 0 Å². The molecule has 0 aliphatic rings. The number of benzene rings is 1. The van der Waals surface area contributed by atoms with Gasteiger partial charge in [0.1, 0.15) is 11.5 Å². The van der Waals surface area contributed by atoms with Crippen LogP contribution in [0.4, 0.5) is 0 Å². The fourth-order valence-electron chi connectivity index (χ4n) is 2.13. The maximum atomic E-state index is 12.0. The van der Waals surface area contributed by atoms with Crippen molar-refractivity contribution in [2.75, 3.05) is 13.2 Å². The highest BCUT2D eigenvalue weighted by Gasteiger charge is 2.14. The first-order chi connectivity index (χ1) is 12.0. The molecule has 25 heavy (non-hydrogen) atoms. The first-order valence-electron chi connectivity index (χ1n) is 8.02. The third-order valence-electron chi connectivity index (χ3n) is 3.27. The highest BCUT2D eigenvalue weighted by molar-refractivity contribution is 5.96. The lowest BCUT2D eigenvalue weighted by atomic mass is 10.2. The van der Waals surface area contributed by atoms with E-state index in [1.165, 1.54) is 0 Å². The van der Waals surface area contributed by atoms with Gasteiger partial charge in [-0.25, -0.2) is 0 Å². The van der Waals surface area contributed by atoms with Gasteiger partial charge in [-0.3, -0.25) is 20.4 Å². The van der Waals surface area contributed by atoms with Gasteiger partial charge < -0.3 is 13.9 Å². The number of amides is 2. The molecule has 1 aromatic carbocycles. The normalized spacial score (nSPS) is 10.2. The molecule has 0 fully saturated rings. The number of hydrazine groups is 1. The minimum Gasteiger partial charge on any atom is -0.490 e. The van der Waals surface area contributed by atoms with Crippen molar-refractivity contribution in [1.29, 1.82) is 0 Å². The van der Waals surface area contributed by atoms with Gasteiger partial charge in [0.15, 0.2) is 18.1 Å². The Bertz CT molecular complexity index is 739. The summed E-state index contributed by atoms with van der Waals surface area (Å²) < 4.78 is 16.3. The van der Waals surface area contributed by atoms with Gasteiger partial charge in [-0.2, -0.15) is 0 Å². The fraction of sp³-hybridized carbons (Fsp3) is 0.333. The molecule has 2 aromatic rings. The summed E-state index contributed by atoms with van der Waals surface area (Å²) in [6, 6.07) is 8.71. The van der Waals surface area contributed by atoms with Gasteiger partial charge in [-0.05, 0) is 38.5 Å². The topological polar surface area (TPSA) is 89.8 Å². The van der Waals surface area contributed by atoms with Crippen LogP contribution >= 0.6 is 0 Å². The Morgan fingerprint density at radius 2 is 1.76 bits per heavy atom. The summed E-state index contributed by atoms with van der Waals surface area (Å²) in [7, 11) is 0. The molecule has 0 aliphatic heterocycles. The summed E-state index contributed by atoms with van der Waals surface area (Å²) in [6.45, 7) is 5.74. The molecule has 134 valence electrons. The summed E-state index contributed by atoms with van der Waals surface area (Å²) in [6.07, 6.45) is 0.869. The number of carbonyl (C=O) groups excluding carboxylic acids is 2. The third kappa shape index (κ3) is 5.27. The number of ether oxygens (including phenoxy) is 2. The predicted octanol–water partition coefficient (Wildman–Crippen LogP) is 2.53. The van der Waals surface area contributed by atoms with Gasteiger partial charge in [0.05, 0.1) is 12.2 Å². The van der Waals surface area contributed by atoms with E-state index in [1.807, 2.05) is 13.0 Å². The lowest BCUT2D eigenvalue weighted by molar-refractivity contribution is -0.123. The fourth-order valence-corrected chi connectivity index (χ4v) is 2.13. The second-order valence-corrected chi connectivity index (χ2v) is 5.41. The largest absolute Gasteiger partial charge is 0.490 e. The Hall–Kier alpha value is -2.96. The minimum absolute atomic E-state index is 0.254. The molecule has 0 saturated carbocycles. The van der Waals surface area contributed by atoms with Crippen molar-refractivity contribution in [2.45, 2.75) is 27.2 Å². The van der Waals surface area contributed by atoms with E-state index >= 15 is 0 Å². The maximum absolute atomic E-state index is 12.0. The molecular formula is C18H22N2O5. The van der Waals surface area contributed by atoms with E-state index in [0.717, 1.165) is 6.42 Å². The average molecular weight is 346 g/mol. The second kappa shape index (κ2) is 8.77. The zero-order valence-corrected chi connectivity index (χ0v) is 14.5. The van der Waals surface area contributed by atoms with Gasteiger partial charge in [0.2, 0.25) is 0 Å². The van der Waals surface area contributed by atoms with E-state index in [9.17, 15) is 9.59 Å². The summed E-state index contributed by atoms with van der Waals surface area (Å²) in [5.41, 5.74) is 5.00. The molecular weight excluding hydrogens is 324 g/mol. The van der Waals surface area contributed by atoms with Crippen LogP contribution in [0.5, 0.6) is 11.5 Å². The molecule has 0 atom stereocenters. The van der Waals surface area contributed by atoms with E-state index in [0.29, 0.717) is 35.2 Å². The SMILES string of the molecule is CCCOc1ccccc1OCC(=O)NNC(=O)c1cc(C)oc1C. The Morgan fingerprint density at radius 3 is 2.36 bits per heavy atom. The van der Waals surface area contributed by atoms with Gasteiger partial charge in [-0.15, -0.1) is 0 Å². The van der Waals surface area contributed by atoms with Crippen LogP contribution in [-0.4, -0.2) is 25.0 Å². The zero-order chi connectivity index (χ0) is 18.2. The quantitative estimate of drug-likeness (QED) is 0.752. The van der Waals surface area contributed by atoms with Gasteiger partial charge in [-0.1, -0.05) is 19.1 Å². The monoisotopic (exact) mass is 346 g/mol. The zero-order valence-electron chi connectivity index (χ0n) is 14.5. The van der Waals surface area contributed by atoms with Crippen LogP contribution in [0, 0.1) is 13.8 Å². The van der Waals surface area contributed by atoms with Crippen molar-refractivity contribution >= 4 is 11.8 Å². The standard InChI is InChI=1S/C18H22N2O5/c1-4-9-23-15-7-5-6-8-16(15)24-11-17(21)19-20-18(22)14-10-12(2)25-13(14)3/h5-8,10H,4,9,11H2,1-3H3,(H,19,21)(H,20,22). The van der Waals surface area contributed by atoms with Crippen LogP contribution in [0.25, 0.3) is 0 Å². The third-order valence-corrected chi connectivity index (χ3v) is 3.27. The summed E-state index contributed by atoms with van der Waals surface area (Å²) in [4.78, 5) is 23.8. The van der Waals surface area contributed by atoms with E-state index in [2.05, 4.69) is 10.9 Å². The molecule has 0 saturated heterocycles. The summed E-state index contributed by atoms with van der Waals surface area (Å²) in [5, 5.41) is 0. The number of hydrogen-bond acceptors (Lipinski definition) is 5. The molecule has 2 rings (SSSR count). The average Bonchev–Trinajstić information content (AvgIpc) is 2.95. The van der Waals surface area contributed by atoms with Crippen LogP contribution in [0.1, 0.15) is 35.2 Å². The first-order valence-corrected chi connectivity index (χ1v) is 8.02. The Kier molecular flexibility index (Phi) is 6.45. The minimum atomic E-state index is -0.489. The van der Waals surface area contributed by atoms with Crippen LogP contribution in [0.15, 0.2) is 34.7 Å². The number of nitrogens with one attached hydrogen (secondary N) is 2. The van der Waals surface area contributed by atoms with E-state index in [-0.39, 0.29) is 6.61 Å². The summed E-state index contributed by atoms with van der Waals surface area (Å²) in [5.74, 6) is 1.22. The van der Waals surface area contributed by atoms with Gasteiger partial charge in [0, 0.05) is 0 Å². The Balaban J connectivity index is 1.83. The highest BCUT2D eigenvalue weighted by Crippen LogP contribution is 2.26. The van der Waals surface area contributed by atoms with Gasteiger partial charge in [0.25, 0.3) is 11.8 Å². The molecule has 0 bridgehead atoms. The molecule has 1 aromatic heterocycles.